The van der Waals surface area contributed by atoms with Gasteiger partial charge in [0.2, 0.25) is 5.95 Å². The Morgan fingerprint density at radius 3 is 2.86 bits per heavy atom. The van der Waals surface area contributed by atoms with E-state index in [1.54, 1.807) is 17.4 Å². The Balaban J connectivity index is 1.48. The Bertz CT molecular complexity index is 1050. The average Bonchev–Trinajstić information content (AvgIpc) is 3.11. The van der Waals surface area contributed by atoms with Crippen LogP contribution in [0.5, 0.6) is 0 Å². The monoisotopic (exact) mass is 433 g/mol. The van der Waals surface area contributed by atoms with E-state index in [4.69, 9.17) is 20.4 Å². The van der Waals surface area contributed by atoms with Crippen molar-refractivity contribution in [1.29, 1.82) is 0 Å². The lowest BCUT2D eigenvalue weighted by molar-refractivity contribution is -0.0461. The Hall–Kier alpha value is -1.95. The van der Waals surface area contributed by atoms with Crippen molar-refractivity contribution in [2.24, 2.45) is 5.73 Å². The van der Waals surface area contributed by atoms with Gasteiger partial charge in [-0.3, -0.25) is 9.11 Å². The molecule has 1 aromatic carbocycles. The fraction of sp³-hybridized carbons (Fsp3) is 0.368. The van der Waals surface area contributed by atoms with Gasteiger partial charge in [-0.05, 0) is 23.1 Å². The van der Waals surface area contributed by atoms with E-state index in [-0.39, 0.29) is 11.3 Å². The normalized spacial score (nSPS) is 21.1. The highest BCUT2D eigenvalue weighted by Crippen LogP contribution is 2.51. The Labute approximate surface area is 174 Å². The van der Waals surface area contributed by atoms with E-state index in [2.05, 4.69) is 5.32 Å². The number of hydrogen-bond acceptors (Lipinski definition) is 9. The van der Waals surface area contributed by atoms with Crippen LogP contribution in [-0.4, -0.2) is 56.7 Å². The van der Waals surface area contributed by atoms with Crippen molar-refractivity contribution in [1.82, 2.24) is 9.97 Å². The van der Waals surface area contributed by atoms with E-state index in [0.717, 1.165) is 21.6 Å². The number of fused-ring (bicyclic) bond motifs is 2. The first-order valence-corrected chi connectivity index (χ1v) is 12.0. The van der Waals surface area contributed by atoms with E-state index in [9.17, 15) is 9.11 Å². The topological polar surface area (TPSA) is 117 Å². The summed E-state index contributed by atoms with van der Waals surface area (Å²) in [5.41, 5.74) is 7.65. The molecule has 2 aliphatic rings. The second kappa shape index (κ2) is 7.08. The number of aromatic nitrogens is 2. The zero-order valence-corrected chi connectivity index (χ0v) is 17.4. The van der Waals surface area contributed by atoms with Crippen LogP contribution in [0.15, 0.2) is 40.6 Å². The predicted octanol–water partition coefficient (Wildman–Crippen LogP) is 2.96. The van der Waals surface area contributed by atoms with E-state index < -0.39 is 10.6 Å². The quantitative estimate of drug-likeness (QED) is 0.496. The number of benzene rings is 1. The van der Waals surface area contributed by atoms with Gasteiger partial charge in [-0.15, -0.1) is 11.3 Å². The summed E-state index contributed by atoms with van der Waals surface area (Å²) in [6.07, 6.45) is 0. The number of nitrogens with zero attached hydrogens (tertiary/aromatic N) is 3. The van der Waals surface area contributed by atoms with Gasteiger partial charge in [-0.25, -0.2) is 4.98 Å². The molecule has 1 saturated heterocycles. The number of rotatable bonds is 4. The lowest BCUT2D eigenvalue weighted by Crippen LogP contribution is -2.61. The van der Waals surface area contributed by atoms with Gasteiger partial charge in [0.05, 0.1) is 39.6 Å². The summed E-state index contributed by atoms with van der Waals surface area (Å²) in [5.74, 6) is 1.57. The van der Waals surface area contributed by atoms with Crippen molar-refractivity contribution in [3.63, 3.8) is 0 Å². The minimum Gasteiger partial charge on any atom is -0.377 e. The van der Waals surface area contributed by atoms with Crippen LogP contribution < -0.4 is 16.0 Å². The van der Waals surface area contributed by atoms with E-state index >= 15 is 0 Å². The lowest BCUT2D eigenvalue weighted by atomic mass is 9.99. The first kappa shape index (κ1) is 19.0. The largest absolute Gasteiger partial charge is 0.377 e. The van der Waals surface area contributed by atoms with Crippen LogP contribution in [0.3, 0.4) is 0 Å². The van der Waals surface area contributed by atoms with Gasteiger partial charge in [-0.2, -0.15) is 15.6 Å². The number of thiophene rings is 1. The SMILES string of the molecule is NC1(CNc2nc(N3CCS(O)(O)c4ccccc4C3)nc3ccsc23)COC1. The summed E-state index contributed by atoms with van der Waals surface area (Å²) in [6.45, 7) is 2.62. The molecule has 10 heteroatoms. The molecule has 4 heterocycles. The van der Waals surface area contributed by atoms with Gasteiger partial charge in [0.15, 0.2) is 0 Å². The summed E-state index contributed by atoms with van der Waals surface area (Å²) < 4.78 is 27.4. The van der Waals surface area contributed by atoms with Gasteiger partial charge >= 0.3 is 0 Å². The molecule has 1 fully saturated rings. The van der Waals surface area contributed by atoms with Crippen molar-refractivity contribution in [2.45, 2.75) is 17.0 Å². The van der Waals surface area contributed by atoms with Gasteiger partial charge in [0.1, 0.15) is 5.82 Å². The molecule has 0 radical (unpaired) electrons. The molecule has 2 aromatic heterocycles. The van der Waals surface area contributed by atoms with Crippen LogP contribution in [0.2, 0.25) is 0 Å². The number of nitrogens with one attached hydrogen (secondary N) is 1. The van der Waals surface area contributed by atoms with Crippen LogP contribution in [0.1, 0.15) is 5.56 Å². The fourth-order valence-electron chi connectivity index (χ4n) is 3.59. The second-order valence-electron chi connectivity index (χ2n) is 7.62. The summed E-state index contributed by atoms with van der Waals surface area (Å²) in [4.78, 5) is 12.1. The third kappa shape index (κ3) is 3.56. The van der Waals surface area contributed by atoms with E-state index in [1.807, 2.05) is 34.5 Å². The molecule has 3 aromatic rings. The highest BCUT2D eigenvalue weighted by atomic mass is 32.3. The molecule has 154 valence electrons. The summed E-state index contributed by atoms with van der Waals surface area (Å²) in [7, 11) is -2.83. The van der Waals surface area contributed by atoms with Gasteiger partial charge < -0.3 is 20.7 Å². The highest BCUT2D eigenvalue weighted by molar-refractivity contribution is 8.24. The molecule has 0 aliphatic carbocycles. The third-order valence-corrected chi connectivity index (χ3v) is 8.06. The third-order valence-electron chi connectivity index (χ3n) is 5.29. The van der Waals surface area contributed by atoms with Crippen molar-refractivity contribution >= 4 is 43.9 Å². The van der Waals surface area contributed by atoms with Crippen molar-refractivity contribution in [3.8, 4) is 0 Å². The number of nitrogens with two attached hydrogens (primary N) is 1. The standard InChI is InChI=1S/C19H23N5O3S2/c20-19(11-27-12-19)10-21-17-16-14(5-7-28-16)22-18(23-17)24-6-8-29(25,26)15-4-2-1-3-13(15)9-24/h1-5,7,25-26H,6,8-12,20H2,(H,21,22,23). The smallest absolute Gasteiger partial charge is 0.228 e. The molecule has 0 spiro atoms. The van der Waals surface area contributed by atoms with Gasteiger partial charge in [0, 0.05) is 19.6 Å². The van der Waals surface area contributed by atoms with Crippen LogP contribution in [0, 0.1) is 0 Å². The lowest BCUT2D eigenvalue weighted by Gasteiger charge is -2.37. The van der Waals surface area contributed by atoms with Crippen molar-refractivity contribution in [3.05, 3.63) is 41.3 Å². The number of ether oxygens (including phenoxy) is 1. The first-order chi connectivity index (χ1) is 13.9. The minimum absolute atomic E-state index is 0.251. The second-order valence-corrected chi connectivity index (χ2v) is 10.7. The molecule has 0 bridgehead atoms. The maximum atomic E-state index is 10.6. The van der Waals surface area contributed by atoms with Crippen LogP contribution in [0.25, 0.3) is 10.2 Å². The van der Waals surface area contributed by atoms with Crippen LogP contribution in [-0.2, 0) is 11.3 Å². The molecule has 2 aliphatic heterocycles. The summed E-state index contributed by atoms with van der Waals surface area (Å²) in [5, 5.41) is 5.37. The molecule has 8 nitrogen and oxygen atoms in total. The molecule has 5 rings (SSSR count). The predicted molar refractivity (Wildman–Crippen MR) is 117 cm³/mol. The zero-order chi connectivity index (χ0) is 20.1. The van der Waals surface area contributed by atoms with Gasteiger partial charge in [0.25, 0.3) is 0 Å². The van der Waals surface area contributed by atoms with E-state index in [0.29, 0.717) is 43.7 Å². The fourth-order valence-corrected chi connectivity index (χ4v) is 5.94. The number of hydrogen-bond donors (Lipinski definition) is 4. The van der Waals surface area contributed by atoms with Crippen molar-refractivity contribution in [2.75, 3.05) is 42.3 Å². The molecule has 0 unspecified atom stereocenters. The summed E-state index contributed by atoms with van der Waals surface area (Å²) >= 11 is 1.58. The molecule has 0 amide bonds. The minimum atomic E-state index is -2.83. The maximum Gasteiger partial charge on any atom is 0.228 e. The van der Waals surface area contributed by atoms with Crippen LogP contribution >= 0.6 is 21.9 Å². The molecule has 5 N–H and O–H groups in total. The number of anilines is 2. The Kier molecular flexibility index (Phi) is 4.65. The zero-order valence-electron chi connectivity index (χ0n) is 15.7. The molecular weight excluding hydrogens is 410 g/mol. The van der Waals surface area contributed by atoms with E-state index in [1.165, 1.54) is 0 Å². The molecular formula is C19H23N5O3S2. The maximum absolute atomic E-state index is 10.6. The Morgan fingerprint density at radius 2 is 2.07 bits per heavy atom. The van der Waals surface area contributed by atoms with Gasteiger partial charge in [-0.1, -0.05) is 18.2 Å². The Morgan fingerprint density at radius 1 is 1.24 bits per heavy atom. The highest BCUT2D eigenvalue weighted by Gasteiger charge is 2.34. The summed E-state index contributed by atoms with van der Waals surface area (Å²) in [6, 6.07) is 9.45. The molecule has 0 atom stereocenters. The average molecular weight is 434 g/mol. The van der Waals surface area contributed by atoms with Crippen molar-refractivity contribution < 1.29 is 13.8 Å². The first-order valence-electron chi connectivity index (χ1n) is 9.38. The molecule has 0 saturated carbocycles. The molecule has 29 heavy (non-hydrogen) atoms. The van der Waals surface area contributed by atoms with Crippen LogP contribution in [0.4, 0.5) is 11.8 Å².